The number of imidazole rings is 1. The Kier molecular flexibility index (Phi) is 13.8. The molecule has 0 aliphatic rings. The molecule has 7 nitrogen and oxygen atoms in total. The summed E-state index contributed by atoms with van der Waals surface area (Å²) in [6.45, 7) is 17.5. The largest absolute Gasteiger partial charge is 0.406 e. The zero-order valence-electron chi connectivity index (χ0n) is 37.8. The van der Waals surface area contributed by atoms with Crippen LogP contribution in [0, 0.1) is 12.8 Å². The van der Waals surface area contributed by atoms with E-state index >= 15 is 8.42 Å². The lowest BCUT2D eigenvalue weighted by Gasteiger charge is -2.44. The molecule has 0 unspecified atom stereocenters. The minimum atomic E-state index is -4.11. The van der Waals surface area contributed by atoms with Gasteiger partial charge in [0.15, 0.2) is 0 Å². The van der Waals surface area contributed by atoms with Crippen molar-refractivity contribution in [3.8, 4) is 0 Å². The van der Waals surface area contributed by atoms with Gasteiger partial charge in [-0.2, -0.15) is 11.1 Å². The molecule has 2 aromatic heterocycles. The number of H-pyrrole nitrogens is 1. The topological polar surface area (TPSA) is 97.0 Å². The van der Waals surface area contributed by atoms with Crippen LogP contribution in [0.15, 0.2) is 157 Å². The Balaban J connectivity index is 1.31. The van der Waals surface area contributed by atoms with E-state index < -0.39 is 36.8 Å². The number of aromatic amines is 1. The summed E-state index contributed by atoms with van der Waals surface area (Å²) in [6, 6.07) is 48.8. The van der Waals surface area contributed by atoms with Crippen LogP contribution in [-0.2, 0) is 27.3 Å². The fraction of sp³-hybridized carbons (Fsp3) is 0.308. The highest BCUT2D eigenvalue weighted by atomic mass is 35.6. The van der Waals surface area contributed by atoms with Gasteiger partial charge in [-0.1, -0.05) is 182 Å². The Morgan fingerprint density at radius 1 is 0.746 bits per heavy atom. The van der Waals surface area contributed by atoms with Gasteiger partial charge in [0, 0.05) is 18.7 Å². The van der Waals surface area contributed by atoms with E-state index in [-0.39, 0.29) is 22.5 Å². The zero-order chi connectivity index (χ0) is 45.0. The lowest BCUT2D eigenvalue weighted by molar-refractivity contribution is 0.246. The van der Waals surface area contributed by atoms with Crippen molar-refractivity contribution < 1.29 is 12.8 Å². The molecule has 2 N–H and O–H groups in total. The molecule has 0 saturated carbocycles. The molecular weight excluding hydrogens is 852 g/mol. The van der Waals surface area contributed by atoms with E-state index in [4.69, 9.17) is 25.5 Å². The molecule has 0 aliphatic carbocycles. The number of sulfonamides is 1. The second-order valence-electron chi connectivity index (χ2n) is 19.0. The molecule has 7 rings (SSSR count). The van der Waals surface area contributed by atoms with Gasteiger partial charge in [0.2, 0.25) is 17.4 Å². The summed E-state index contributed by atoms with van der Waals surface area (Å²) in [7, 11) is -10.2. The molecule has 0 bridgehead atoms. The van der Waals surface area contributed by atoms with E-state index in [2.05, 4.69) is 131 Å². The molecule has 0 aliphatic heterocycles. The normalized spacial score (nSPS) is 13.4. The molecule has 5 aromatic carbocycles. The van der Waals surface area contributed by atoms with E-state index in [0.29, 0.717) is 24.8 Å². The van der Waals surface area contributed by atoms with Gasteiger partial charge in [-0.3, -0.25) is 4.98 Å². The number of halogens is 1. The summed E-state index contributed by atoms with van der Waals surface area (Å²) in [5, 5.41) is 3.61. The van der Waals surface area contributed by atoms with Gasteiger partial charge in [0.05, 0.1) is 22.7 Å². The second-order valence-corrected chi connectivity index (χ2v) is 30.5. The number of nitrogens with one attached hydrogen (secondary N) is 2. The van der Waals surface area contributed by atoms with E-state index in [1.807, 2.05) is 73.7 Å². The molecule has 0 fully saturated rings. The first-order valence-electron chi connectivity index (χ1n) is 21.9. The molecule has 0 spiro atoms. The lowest BCUT2D eigenvalue weighted by atomic mass is 9.98. The molecule has 63 heavy (non-hydrogen) atoms. The predicted octanol–water partition coefficient (Wildman–Crippen LogP) is 9.45. The summed E-state index contributed by atoms with van der Waals surface area (Å²) in [5.41, 5.74) is 4.20. The van der Waals surface area contributed by atoms with Crippen LogP contribution in [-0.4, -0.2) is 51.7 Å². The van der Waals surface area contributed by atoms with E-state index in [9.17, 15) is 0 Å². The summed E-state index contributed by atoms with van der Waals surface area (Å²) in [4.78, 5) is 13.1. The maximum Gasteiger partial charge on any atom is 0.261 e. The summed E-state index contributed by atoms with van der Waals surface area (Å²) < 4.78 is 41.0. The number of rotatable bonds is 17. The summed E-state index contributed by atoms with van der Waals surface area (Å²) in [6.07, 6.45) is 3.27. The molecule has 1 atom stereocenters. The van der Waals surface area contributed by atoms with Crippen LogP contribution in [0.4, 0.5) is 0 Å². The Hall–Kier alpha value is -4.69. The Bertz CT molecular complexity index is 2650. The van der Waals surface area contributed by atoms with Crippen LogP contribution in [0.1, 0.15) is 77.5 Å². The van der Waals surface area contributed by atoms with Crippen molar-refractivity contribution >= 4 is 68.6 Å². The number of hydrogen-bond acceptors (Lipinski definition) is 5. The van der Waals surface area contributed by atoms with Crippen LogP contribution in [0.25, 0.3) is 11.0 Å². The minimum Gasteiger partial charge on any atom is -0.406 e. The van der Waals surface area contributed by atoms with Crippen molar-refractivity contribution in [1.29, 1.82) is 0 Å². The third-order valence-electron chi connectivity index (χ3n) is 12.3. The quantitative estimate of drug-likeness (QED) is 0.0702. The molecule has 2 heterocycles. The number of benzene rings is 5. The Morgan fingerprint density at radius 3 is 1.78 bits per heavy atom. The van der Waals surface area contributed by atoms with Gasteiger partial charge < -0.3 is 9.41 Å². The number of hydrogen-bond donors (Lipinski definition) is 2. The highest BCUT2D eigenvalue weighted by Gasteiger charge is 2.51. The van der Waals surface area contributed by atoms with Gasteiger partial charge >= 0.3 is 0 Å². The molecular formula is C52H61ClN4O3SSi2. The zero-order valence-corrected chi connectivity index (χ0v) is 41.4. The average Bonchev–Trinajstić information content (AvgIpc) is 3.65. The van der Waals surface area contributed by atoms with Crippen LogP contribution >= 0.6 is 11.1 Å². The number of nitrogens with zero attached hydrogens (tertiary/aromatic N) is 2. The first kappa shape index (κ1) is 46.3. The van der Waals surface area contributed by atoms with Gasteiger partial charge in [-0.05, 0) is 79.8 Å². The number of pyridine rings is 1. The number of aromatic nitrogens is 3. The molecule has 7 aromatic rings. The van der Waals surface area contributed by atoms with Crippen molar-refractivity contribution in [2.45, 2.75) is 95.7 Å². The molecule has 328 valence electrons. The maximum absolute atomic E-state index is 15.2. The van der Waals surface area contributed by atoms with Crippen molar-refractivity contribution in [2.24, 2.45) is 5.92 Å². The van der Waals surface area contributed by atoms with Crippen molar-refractivity contribution in [2.75, 3.05) is 6.61 Å². The smallest absolute Gasteiger partial charge is 0.261 e. The van der Waals surface area contributed by atoms with E-state index in [1.165, 1.54) is 0 Å². The monoisotopic (exact) mass is 912 g/mol. The summed E-state index contributed by atoms with van der Waals surface area (Å²) >= 11 is 8.14. The van der Waals surface area contributed by atoms with Crippen molar-refractivity contribution in [1.82, 2.24) is 19.7 Å². The van der Waals surface area contributed by atoms with Gasteiger partial charge in [-0.15, -0.1) is 0 Å². The second kappa shape index (κ2) is 18.8. The number of aryl methyl sites for hydroxylation is 1. The van der Waals surface area contributed by atoms with Crippen LogP contribution < -0.4 is 25.5 Å². The fourth-order valence-electron chi connectivity index (χ4n) is 9.45. The molecule has 0 saturated heterocycles. The van der Waals surface area contributed by atoms with Gasteiger partial charge in [0.1, 0.15) is 11.3 Å². The SMILES string of the molecule is Cc1nc2c(Cc3ccc(S(=O)(=O)N[C@H](CO[Si](c4ccccc4)(c4ccccc4)C(C)(C)C)CC(C)C)c(CC(C)(C)[Si](Cl)(c4ccccc4)c4ccccc4)c3)nccc2[nH]1. The van der Waals surface area contributed by atoms with Crippen LogP contribution in [0.3, 0.4) is 0 Å². The minimum absolute atomic E-state index is 0.196. The Labute approximate surface area is 381 Å². The van der Waals surface area contributed by atoms with Crippen LogP contribution in [0.5, 0.6) is 0 Å². The maximum atomic E-state index is 15.2. The van der Waals surface area contributed by atoms with E-state index in [0.717, 1.165) is 48.9 Å². The van der Waals surface area contributed by atoms with Crippen LogP contribution in [0.2, 0.25) is 10.1 Å². The van der Waals surface area contributed by atoms with Gasteiger partial charge in [0.25, 0.3) is 8.32 Å². The first-order chi connectivity index (χ1) is 29.9. The number of fused-ring (bicyclic) bond motifs is 1. The predicted molar refractivity (Wildman–Crippen MR) is 267 cm³/mol. The third kappa shape index (κ3) is 9.72. The highest BCUT2D eigenvalue weighted by Crippen LogP contribution is 2.44. The molecule has 0 radical (unpaired) electrons. The Morgan fingerprint density at radius 2 is 1.27 bits per heavy atom. The summed E-state index contributed by atoms with van der Waals surface area (Å²) in [5.74, 6) is 1.01. The standard InChI is InChI=1S/C52H61ClN4O3SSi2/c1-38(2)33-42(37-60-63(51(4,5)6,45-25-17-11-18-26-45)46-27-19-12-20-28-46)57-61(58,59)49-30-29-40(35-48-50-47(31-32-54-48)55-39(3)56-50)34-41(49)36-52(7,8)62(53,43-21-13-9-14-22-43)44-23-15-10-16-24-44/h9-32,34,38,42,57H,33,35-37H2,1-8H3,(H,55,56)/t42-/m0/s1. The third-order valence-corrected chi connectivity index (χ3v) is 26.1. The van der Waals surface area contributed by atoms with E-state index in [1.54, 1.807) is 12.3 Å². The first-order valence-corrected chi connectivity index (χ1v) is 28.3. The van der Waals surface area contributed by atoms with Gasteiger partial charge in [-0.25, -0.2) is 18.1 Å². The average molecular weight is 914 g/mol. The molecule has 0 amide bonds. The molecule has 11 heteroatoms. The van der Waals surface area contributed by atoms with Crippen molar-refractivity contribution in [3.63, 3.8) is 0 Å². The fourth-order valence-corrected chi connectivity index (χ4v) is 20.1. The lowest BCUT2D eigenvalue weighted by Crippen LogP contribution is -2.67. The van der Waals surface area contributed by atoms with Crippen molar-refractivity contribution in [3.05, 3.63) is 174 Å². The highest BCUT2D eigenvalue weighted by molar-refractivity contribution is 7.89.